The Bertz CT molecular complexity index is 1080. The van der Waals surface area contributed by atoms with Crippen LogP contribution in [-0.4, -0.2) is 79.2 Å². The Kier molecular flexibility index (Phi) is 11.9. The molecule has 1 fully saturated rings. The number of pyridine rings is 1. The maximum atomic E-state index is 12.2. The molecule has 10 nitrogen and oxygen atoms in total. The normalized spacial score (nSPS) is 17.8. The summed E-state index contributed by atoms with van der Waals surface area (Å²) < 4.78 is 65.6. The number of alkyl halides is 6. The number of carboxylic acid groups (broad SMARTS) is 2. The lowest BCUT2D eigenvalue weighted by Gasteiger charge is -2.29. The average Bonchev–Trinajstić information content (AvgIpc) is 3.53. The van der Waals surface area contributed by atoms with Gasteiger partial charge in [0.15, 0.2) is 0 Å². The fraction of sp³-hybridized carbons (Fsp3) is 0.542. The molecule has 0 radical (unpaired) electrons. The summed E-state index contributed by atoms with van der Waals surface area (Å²) in [4.78, 5) is 36.7. The lowest BCUT2D eigenvalue weighted by atomic mass is 10.0. The Morgan fingerprint density at radius 3 is 2.08 bits per heavy atom. The number of amides is 1. The Labute approximate surface area is 225 Å². The predicted octanol–water partition coefficient (Wildman–Crippen LogP) is 3.74. The van der Waals surface area contributed by atoms with E-state index in [1.165, 1.54) is 31.4 Å². The SMILES string of the molecule is O=C(NCCC1CN(C2CCCC2)Cc2ccnn2C1)c1cccnc1.O=C(O)C(F)(F)F.O=C(O)C(F)(F)F. The molecule has 1 atom stereocenters. The van der Waals surface area contributed by atoms with Crippen LogP contribution in [0.3, 0.4) is 0 Å². The minimum Gasteiger partial charge on any atom is -0.475 e. The fourth-order valence-corrected chi connectivity index (χ4v) is 4.28. The highest BCUT2D eigenvalue weighted by Crippen LogP contribution is 2.28. The van der Waals surface area contributed by atoms with E-state index in [-0.39, 0.29) is 5.91 Å². The minimum absolute atomic E-state index is 0.0425. The van der Waals surface area contributed by atoms with Crippen LogP contribution in [0.15, 0.2) is 36.8 Å². The second-order valence-corrected chi connectivity index (χ2v) is 9.13. The zero-order valence-corrected chi connectivity index (χ0v) is 21.2. The van der Waals surface area contributed by atoms with Gasteiger partial charge in [-0.1, -0.05) is 12.8 Å². The van der Waals surface area contributed by atoms with Gasteiger partial charge in [0.25, 0.3) is 5.91 Å². The van der Waals surface area contributed by atoms with Gasteiger partial charge in [-0.2, -0.15) is 31.4 Å². The molecule has 2 aromatic heterocycles. The quantitative estimate of drug-likeness (QED) is 0.455. The van der Waals surface area contributed by atoms with Crippen LogP contribution < -0.4 is 5.32 Å². The highest BCUT2D eigenvalue weighted by Gasteiger charge is 2.39. The van der Waals surface area contributed by atoms with Crippen LogP contribution in [0, 0.1) is 5.92 Å². The van der Waals surface area contributed by atoms with Gasteiger partial charge in [0.05, 0.1) is 11.3 Å². The number of nitrogens with zero attached hydrogens (tertiary/aromatic N) is 4. The third-order valence-electron chi connectivity index (χ3n) is 6.18. The van der Waals surface area contributed by atoms with Crippen molar-refractivity contribution < 1.29 is 50.9 Å². The monoisotopic (exact) mass is 581 g/mol. The van der Waals surface area contributed by atoms with Crippen LogP contribution >= 0.6 is 0 Å². The molecular weight excluding hydrogens is 552 g/mol. The summed E-state index contributed by atoms with van der Waals surface area (Å²) in [6, 6.07) is 6.45. The average molecular weight is 582 g/mol. The van der Waals surface area contributed by atoms with Crippen molar-refractivity contribution in [3.8, 4) is 0 Å². The van der Waals surface area contributed by atoms with Crippen molar-refractivity contribution in [3.63, 3.8) is 0 Å². The summed E-state index contributed by atoms with van der Waals surface area (Å²) in [7, 11) is 0. The molecule has 3 N–H and O–H groups in total. The Morgan fingerprint density at radius 2 is 1.55 bits per heavy atom. The zero-order valence-electron chi connectivity index (χ0n) is 21.2. The standard InChI is InChI=1S/C20H27N5O.2C2HF3O2/c26-20(17-4-3-9-21-12-17)22-10-7-16-13-24(18-5-1-2-6-18)15-19-8-11-23-25(19)14-16;2*3-2(4,5)1(6)7/h3-4,8-9,11-12,16,18H,1-2,5-7,10,13-15H2,(H,22,26);2*(H,6,7). The van der Waals surface area contributed by atoms with Crippen molar-refractivity contribution in [2.45, 2.75) is 63.6 Å². The molecule has 1 amide bonds. The molecule has 2 aliphatic rings. The van der Waals surface area contributed by atoms with Gasteiger partial charge in [0.2, 0.25) is 0 Å². The number of aromatic nitrogens is 3. The highest BCUT2D eigenvalue weighted by atomic mass is 19.4. The molecule has 3 heterocycles. The highest BCUT2D eigenvalue weighted by molar-refractivity contribution is 5.93. The third kappa shape index (κ3) is 10.8. The molecule has 0 saturated heterocycles. The second-order valence-electron chi connectivity index (χ2n) is 9.13. The summed E-state index contributed by atoms with van der Waals surface area (Å²) in [5.74, 6) is -5.05. The largest absolute Gasteiger partial charge is 0.490 e. The van der Waals surface area contributed by atoms with Crippen LogP contribution in [0.25, 0.3) is 0 Å². The molecule has 222 valence electrons. The molecule has 40 heavy (non-hydrogen) atoms. The van der Waals surface area contributed by atoms with Gasteiger partial charge >= 0.3 is 24.3 Å². The van der Waals surface area contributed by atoms with E-state index in [0.29, 0.717) is 24.1 Å². The van der Waals surface area contributed by atoms with Crippen LogP contribution in [0.2, 0.25) is 0 Å². The van der Waals surface area contributed by atoms with E-state index in [4.69, 9.17) is 19.8 Å². The second kappa shape index (κ2) is 14.6. The van der Waals surface area contributed by atoms with E-state index in [1.54, 1.807) is 24.5 Å². The topological polar surface area (TPSA) is 138 Å². The van der Waals surface area contributed by atoms with Gasteiger partial charge in [-0.05, 0) is 43.4 Å². The van der Waals surface area contributed by atoms with Crippen LogP contribution in [0.1, 0.15) is 48.2 Å². The van der Waals surface area contributed by atoms with Crippen molar-refractivity contribution >= 4 is 17.8 Å². The molecule has 16 heteroatoms. The van der Waals surface area contributed by atoms with E-state index >= 15 is 0 Å². The molecule has 0 bridgehead atoms. The molecule has 2 aromatic rings. The van der Waals surface area contributed by atoms with Gasteiger partial charge in [0.1, 0.15) is 0 Å². The number of rotatable bonds is 5. The van der Waals surface area contributed by atoms with Gasteiger partial charge in [-0.3, -0.25) is 19.4 Å². The Morgan fingerprint density at radius 1 is 0.950 bits per heavy atom. The lowest BCUT2D eigenvalue weighted by molar-refractivity contribution is -0.193. The molecule has 1 unspecified atom stereocenters. The van der Waals surface area contributed by atoms with Gasteiger partial charge in [-0.15, -0.1) is 0 Å². The number of carboxylic acids is 2. The number of nitrogens with one attached hydrogen (secondary N) is 1. The number of aliphatic carboxylic acids is 2. The predicted molar refractivity (Wildman–Crippen MR) is 127 cm³/mol. The van der Waals surface area contributed by atoms with Crippen LogP contribution in [0.4, 0.5) is 26.3 Å². The van der Waals surface area contributed by atoms with Crippen molar-refractivity contribution in [1.82, 2.24) is 25.0 Å². The Hall–Kier alpha value is -3.69. The number of hydrogen-bond donors (Lipinski definition) is 3. The smallest absolute Gasteiger partial charge is 0.475 e. The summed E-state index contributed by atoms with van der Waals surface area (Å²) in [6.45, 7) is 3.72. The van der Waals surface area contributed by atoms with Crippen LogP contribution in [0.5, 0.6) is 0 Å². The van der Waals surface area contributed by atoms with Crippen molar-refractivity contribution in [1.29, 1.82) is 0 Å². The van der Waals surface area contributed by atoms with E-state index < -0.39 is 24.3 Å². The van der Waals surface area contributed by atoms with Crippen molar-refractivity contribution in [3.05, 3.63) is 48.0 Å². The maximum Gasteiger partial charge on any atom is 0.490 e. The van der Waals surface area contributed by atoms with E-state index in [2.05, 4.69) is 31.0 Å². The summed E-state index contributed by atoms with van der Waals surface area (Å²) in [5.41, 5.74) is 1.94. The van der Waals surface area contributed by atoms with Gasteiger partial charge in [-0.25, -0.2) is 9.59 Å². The van der Waals surface area contributed by atoms with Gasteiger partial charge in [0, 0.05) is 50.8 Å². The first-order valence-electron chi connectivity index (χ1n) is 12.2. The number of carbonyl (C=O) groups excluding carboxylic acids is 1. The lowest BCUT2D eigenvalue weighted by Crippen LogP contribution is -2.37. The molecule has 1 aliphatic carbocycles. The molecular formula is C24H29F6N5O5. The van der Waals surface area contributed by atoms with Gasteiger partial charge < -0.3 is 15.5 Å². The number of fused-ring (bicyclic) bond motifs is 1. The molecule has 4 rings (SSSR count). The first-order chi connectivity index (χ1) is 18.7. The number of halogens is 6. The molecule has 1 aliphatic heterocycles. The fourth-order valence-electron chi connectivity index (χ4n) is 4.28. The van der Waals surface area contributed by atoms with Crippen LogP contribution in [-0.2, 0) is 22.7 Å². The zero-order chi connectivity index (χ0) is 29.9. The van der Waals surface area contributed by atoms with E-state index in [9.17, 15) is 31.1 Å². The number of hydrogen-bond acceptors (Lipinski definition) is 6. The summed E-state index contributed by atoms with van der Waals surface area (Å²) in [6.07, 6.45) is 1.35. The van der Waals surface area contributed by atoms with Crippen molar-refractivity contribution in [2.75, 3.05) is 13.1 Å². The van der Waals surface area contributed by atoms with E-state index in [1.807, 2.05) is 6.20 Å². The van der Waals surface area contributed by atoms with Crippen molar-refractivity contribution in [2.24, 2.45) is 5.92 Å². The summed E-state index contributed by atoms with van der Waals surface area (Å²) in [5, 5.41) is 21.8. The maximum absolute atomic E-state index is 12.2. The minimum atomic E-state index is -5.08. The first kappa shape index (κ1) is 32.5. The first-order valence-corrected chi connectivity index (χ1v) is 12.2. The number of carbonyl (C=O) groups is 3. The molecule has 0 spiro atoms. The molecule has 0 aromatic carbocycles. The molecule has 1 saturated carbocycles. The third-order valence-corrected chi connectivity index (χ3v) is 6.18. The summed E-state index contributed by atoms with van der Waals surface area (Å²) >= 11 is 0. The Balaban J connectivity index is 0.000000333. The van der Waals surface area contributed by atoms with E-state index in [0.717, 1.165) is 26.1 Å².